The summed E-state index contributed by atoms with van der Waals surface area (Å²) in [6, 6.07) is 8.52. The van der Waals surface area contributed by atoms with E-state index < -0.39 is 0 Å². The average molecular weight is 307 g/mol. The number of rotatable bonds is 4. The lowest BCUT2D eigenvalue weighted by Crippen LogP contribution is -2.40. The van der Waals surface area contributed by atoms with Gasteiger partial charge in [0, 0.05) is 11.1 Å². The summed E-state index contributed by atoms with van der Waals surface area (Å²) in [5.41, 5.74) is 1.02. The number of aromatic nitrogens is 3. The third-order valence-corrected chi connectivity index (χ3v) is 4.25. The van der Waals surface area contributed by atoms with Crippen LogP contribution in [0.15, 0.2) is 29.1 Å². The van der Waals surface area contributed by atoms with Gasteiger partial charge in [-0.25, -0.2) is 9.89 Å². The Balaban J connectivity index is 1.70. The lowest BCUT2D eigenvalue weighted by atomic mass is 9.95. The van der Waals surface area contributed by atoms with Gasteiger partial charge in [0.2, 0.25) is 0 Å². The SMILES string of the molecule is O=c1[nH]nc(CN2CCCCC2Cc2cccc(Cl)c2)[nH]1. The van der Waals surface area contributed by atoms with E-state index in [1.807, 2.05) is 18.2 Å². The largest absolute Gasteiger partial charge is 0.340 e. The lowest BCUT2D eigenvalue weighted by Gasteiger charge is -2.35. The summed E-state index contributed by atoms with van der Waals surface area (Å²) in [5.74, 6) is 0.706. The average Bonchev–Trinajstić information content (AvgIpc) is 2.86. The van der Waals surface area contributed by atoms with Crippen molar-refractivity contribution in [2.45, 2.75) is 38.3 Å². The van der Waals surface area contributed by atoms with Crippen molar-refractivity contribution in [3.8, 4) is 0 Å². The Bertz CT molecular complexity index is 651. The van der Waals surface area contributed by atoms with Crippen molar-refractivity contribution in [3.63, 3.8) is 0 Å². The molecule has 1 aromatic heterocycles. The highest BCUT2D eigenvalue weighted by Crippen LogP contribution is 2.23. The van der Waals surface area contributed by atoms with Gasteiger partial charge in [-0.15, -0.1) is 0 Å². The number of nitrogens with zero attached hydrogens (tertiary/aromatic N) is 2. The Labute approximate surface area is 128 Å². The van der Waals surface area contributed by atoms with Gasteiger partial charge in [0.15, 0.2) is 0 Å². The molecule has 2 heterocycles. The van der Waals surface area contributed by atoms with Crippen molar-refractivity contribution in [1.82, 2.24) is 20.1 Å². The number of nitrogens with one attached hydrogen (secondary N) is 2. The fourth-order valence-electron chi connectivity index (χ4n) is 3.01. The highest BCUT2D eigenvalue weighted by atomic mass is 35.5. The molecule has 2 aromatic rings. The summed E-state index contributed by atoms with van der Waals surface area (Å²) in [5, 5.41) is 7.22. The van der Waals surface area contributed by atoms with Crippen LogP contribution in [0.4, 0.5) is 0 Å². The molecule has 21 heavy (non-hydrogen) atoms. The number of benzene rings is 1. The molecule has 0 bridgehead atoms. The van der Waals surface area contributed by atoms with E-state index in [0.29, 0.717) is 18.4 Å². The monoisotopic (exact) mass is 306 g/mol. The van der Waals surface area contributed by atoms with Gasteiger partial charge in [-0.1, -0.05) is 30.2 Å². The molecule has 2 N–H and O–H groups in total. The zero-order chi connectivity index (χ0) is 14.7. The van der Waals surface area contributed by atoms with Gasteiger partial charge in [0.25, 0.3) is 0 Å². The van der Waals surface area contributed by atoms with Crippen molar-refractivity contribution < 1.29 is 0 Å². The highest BCUT2D eigenvalue weighted by Gasteiger charge is 2.23. The van der Waals surface area contributed by atoms with Crippen LogP contribution in [-0.4, -0.2) is 32.7 Å². The maximum atomic E-state index is 11.1. The van der Waals surface area contributed by atoms with E-state index in [1.165, 1.54) is 24.8 Å². The molecule has 1 unspecified atom stereocenters. The first-order chi connectivity index (χ1) is 10.2. The van der Waals surface area contributed by atoms with E-state index in [9.17, 15) is 4.79 Å². The molecule has 1 aliphatic heterocycles. The Morgan fingerprint density at radius 2 is 2.29 bits per heavy atom. The third kappa shape index (κ3) is 3.74. The molecule has 1 fully saturated rings. The topological polar surface area (TPSA) is 64.8 Å². The molecule has 0 saturated carbocycles. The quantitative estimate of drug-likeness (QED) is 0.911. The van der Waals surface area contributed by atoms with Gasteiger partial charge in [-0.3, -0.25) is 9.88 Å². The molecule has 0 radical (unpaired) electrons. The first-order valence-electron chi connectivity index (χ1n) is 7.33. The molecular formula is C15H19ClN4O. The van der Waals surface area contributed by atoms with Crippen molar-refractivity contribution in [2.24, 2.45) is 0 Å². The van der Waals surface area contributed by atoms with Crippen LogP contribution in [0.2, 0.25) is 5.02 Å². The second-order valence-corrected chi connectivity index (χ2v) is 6.01. The minimum absolute atomic E-state index is 0.242. The molecule has 1 saturated heterocycles. The number of H-pyrrole nitrogens is 2. The van der Waals surface area contributed by atoms with Gasteiger partial charge in [-0.05, 0) is 43.5 Å². The van der Waals surface area contributed by atoms with Gasteiger partial charge in [-0.2, -0.15) is 5.10 Å². The van der Waals surface area contributed by atoms with Crippen molar-refractivity contribution in [2.75, 3.05) is 6.54 Å². The maximum Gasteiger partial charge on any atom is 0.340 e. The van der Waals surface area contributed by atoms with E-state index in [1.54, 1.807) is 0 Å². The molecule has 1 atom stereocenters. The van der Waals surface area contributed by atoms with Gasteiger partial charge in [0.05, 0.1) is 6.54 Å². The van der Waals surface area contributed by atoms with E-state index in [0.717, 1.165) is 18.0 Å². The molecule has 0 aliphatic carbocycles. The normalized spacial score (nSPS) is 19.8. The predicted molar refractivity (Wildman–Crippen MR) is 82.4 cm³/mol. The minimum atomic E-state index is -0.242. The molecule has 6 heteroatoms. The summed E-state index contributed by atoms with van der Waals surface area (Å²) >= 11 is 6.06. The summed E-state index contributed by atoms with van der Waals surface area (Å²) < 4.78 is 0. The zero-order valence-electron chi connectivity index (χ0n) is 11.8. The molecule has 0 amide bonds. The third-order valence-electron chi connectivity index (χ3n) is 4.01. The molecule has 3 rings (SSSR count). The van der Waals surface area contributed by atoms with Crippen molar-refractivity contribution >= 4 is 11.6 Å². The zero-order valence-corrected chi connectivity index (χ0v) is 12.6. The smallest absolute Gasteiger partial charge is 0.293 e. The Morgan fingerprint density at radius 1 is 1.38 bits per heavy atom. The van der Waals surface area contributed by atoms with Gasteiger partial charge in [0.1, 0.15) is 5.82 Å². The van der Waals surface area contributed by atoms with Crippen LogP contribution >= 0.6 is 11.6 Å². The van der Waals surface area contributed by atoms with Crippen LogP contribution in [0.25, 0.3) is 0 Å². The number of hydrogen-bond donors (Lipinski definition) is 2. The van der Waals surface area contributed by atoms with Crippen LogP contribution in [0.3, 0.4) is 0 Å². The second-order valence-electron chi connectivity index (χ2n) is 5.58. The van der Waals surface area contributed by atoms with Crippen molar-refractivity contribution in [1.29, 1.82) is 0 Å². The van der Waals surface area contributed by atoms with E-state index >= 15 is 0 Å². The summed E-state index contributed by atoms with van der Waals surface area (Å²) in [6.07, 6.45) is 4.59. The molecule has 5 nitrogen and oxygen atoms in total. The van der Waals surface area contributed by atoms with Crippen LogP contribution in [-0.2, 0) is 13.0 Å². The maximum absolute atomic E-state index is 11.1. The highest BCUT2D eigenvalue weighted by molar-refractivity contribution is 6.30. The fraction of sp³-hybridized carbons (Fsp3) is 0.467. The molecule has 1 aliphatic rings. The minimum Gasteiger partial charge on any atom is -0.293 e. The molecule has 1 aromatic carbocycles. The van der Waals surface area contributed by atoms with Crippen LogP contribution in [0.1, 0.15) is 30.7 Å². The summed E-state index contributed by atoms with van der Waals surface area (Å²) in [4.78, 5) is 16.3. The lowest BCUT2D eigenvalue weighted by molar-refractivity contribution is 0.136. The second kappa shape index (κ2) is 6.45. The molecular weight excluding hydrogens is 288 g/mol. The number of likely N-dealkylation sites (tertiary alicyclic amines) is 1. The van der Waals surface area contributed by atoms with Gasteiger partial charge >= 0.3 is 5.69 Å². The molecule has 0 spiro atoms. The number of piperidine rings is 1. The van der Waals surface area contributed by atoms with Crippen LogP contribution < -0.4 is 5.69 Å². The number of halogens is 1. The molecule has 112 valence electrons. The fourth-order valence-corrected chi connectivity index (χ4v) is 3.22. The van der Waals surface area contributed by atoms with Crippen molar-refractivity contribution in [3.05, 3.63) is 51.2 Å². The number of hydrogen-bond acceptors (Lipinski definition) is 3. The standard InChI is InChI=1S/C15H19ClN4O/c16-12-5-3-4-11(8-12)9-13-6-1-2-7-20(13)10-14-17-15(21)19-18-14/h3-5,8,13H,1-2,6-7,9-10H2,(H2,17,18,19,21). The van der Waals surface area contributed by atoms with Gasteiger partial charge < -0.3 is 0 Å². The summed E-state index contributed by atoms with van der Waals surface area (Å²) in [7, 11) is 0. The van der Waals surface area contributed by atoms with E-state index in [-0.39, 0.29) is 5.69 Å². The first kappa shape index (κ1) is 14.4. The predicted octanol–water partition coefficient (Wildman–Crippen LogP) is 2.35. The Hall–Kier alpha value is -1.59. The van der Waals surface area contributed by atoms with E-state index in [4.69, 9.17) is 11.6 Å². The van der Waals surface area contributed by atoms with Crippen LogP contribution in [0, 0.1) is 0 Å². The Kier molecular flexibility index (Phi) is 4.41. The summed E-state index contributed by atoms with van der Waals surface area (Å²) in [6.45, 7) is 1.73. The number of aromatic amines is 2. The first-order valence-corrected chi connectivity index (χ1v) is 7.70. The van der Waals surface area contributed by atoms with E-state index in [2.05, 4.69) is 26.1 Å². The Morgan fingerprint density at radius 3 is 3.05 bits per heavy atom. The van der Waals surface area contributed by atoms with Crippen LogP contribution in [0.5, 0.6) is 0 Å².